The summed E-state index contributed by atoms with van der Waals surface area (Å²) in [6.45, 7) is 8.41. The van der Waals surface area contributed by atoms with Crippen molar-refractivity contribution in [3.63, 3.8) is 0 Å². The lowest BCUT2D eigenvalue weighted by atomic mass is 10.3. The van der Waals surface area contributed by atoms with E-state index in [0.29, 0.717) is 6.04 Å². The molecule has 15 heavy (non-hydrogen) atoms. The fraction of sp³-hybridized carbons (Fsp3) is 0.800. The number of nitrogens with one attached hydrogen (secondary N) is 1. The molecule has 0 atom stereocenters. The van der Waals surface area contributed by atoms with Gasteiger partial charge in [-0.25, -0.2) is 4.98 Å². The molecule has 0 saturated heterocycles. The molecule has 1 aromatic heterocycles. The van der Waals surface area contributed by atoms with Crippen molar-refractivity contribution in [3.8, 4) is 0 Å². The summed E-state index contributed by atoms with van der Waals surface area (Å²) >= 11 is 1.44. The largest absolute Gasteiger partial charge is 0.359 e. The molecule has 4 nitrogen and oxygen atoms in total. The van der Waals surface area contributed by atoms with Crippen LogP contribution in [-0.4, -0.2) is 40.4 Å². The van der Waals surface area contributed by atoms with E-state index in [1.165, 1.54) is 11.5 Å². The molecule has 0 amide bonds. The topological polar surface area (TPSA) is 41.1 Å². The van der Waals surface area contributed by atoms with Crippen LogP contribution in [0.5, 0.6) is 0 Å². The van der Waals surface area contributed by atoms with Gasteiger partial charge in [-0.05, 0) is 20.9 Å². The van der Waals surface area contributed by atoms with E-state index >= 15 is 0 Å². The van der Waals surface area contributed by atoms with Crippen molar-refractivity contribution in [1.29, 1.82) is 0 Å². The fourth-order valence-electron chi connectivity index (χ4n) is 1.07. The molecule has 0 spiro atoms. The van der Waals surface area contributed by atoms with Gasteiger partial charge in [0.2, 0.25) is 5.13 Å². The first-order valence-corrected chi connectivity index (χ1v) is 6.17. The number of rotatable bonds is 6. The summed E-state index contributed by atoms with van der Waals surface area (Å²) in [5.41, 5.74) is 0. The summed E-state index contributed by atoms with van der Waals surface area (Å²) in [4.78, 5) is 6.65. The SMILES string of the molecule is CCc1nsc(NCCN(C)C(C)C)n1. The van der Waals surface area contributed by atoms with E-state index in [-0.39, 0.29) is 0 Å². The molecule has 1 aromatic rings. The maximum absolute atomic E-state index is 4.35. The molecule has 1 heterocycles. The molecule has 0 saturated carbocycles. The van der Waals surface area contributed by atoms with Crippen LogP contribution in [0.4, 0.5) is 5.13 Å². The molecule has 0 aliphatic carbocycles. The minimum absolute atomic E-state index is 0.590. The molecule has 86 valence electrons. The molecule has 0 unspecified atom stereocenters. The Kier molecular flexibility index (Phi) is 4.98. The first kappa shape index (κ1) is 12.4. The van der Waals surface area contributed by atoms with Gasteiger partial charge in [-0.3, -0.25) is 0 Å². The van der Waals surface area contributed by atoms with Gasteiger partial charge in [0.15, 0.2) is 0 Å². The Morgan fingerprint density at radius 3 is 2.73 bits per heavy atom. The fourth-order valence-corrected chi connectivity index (χ4v) is 1.74. The zero-order valence-electron chi connectivity index (χ0n) is 9.95. The maximum atomic E-state index is 4.35. The first-order chi connectivity index (χ1) is 7.13. The van der Waals surface area contributed by atoms with E-state index in [4.69, 9.17) is 0 Å². The number of hydrogen-bond donors (Lipinski definition) is 1. The third kappa shape index (κ3) is 4.13. The van der Waals surface area contributed by atoms with Crippen LogP contribution >= 0.6 is 11.5 Å². The highest BCUT2D eigenvalue weighted by atomic mass is 32.1. The zero-order chi connectivity index (χ0) is 11.3. The normalized spacial score (nSPS) is 11.3. The summed E-state index contributed by atoms with van der Waals surface area (Å²) in [7, 11) is 2.13. The molecule has 0 aromatic carbocycles. The van der Waals surface area contributed by atoms with Gasteiger partial charge in [0.25, 0.3) is 0 Å². The van der Waals surface area contributed by atoms with Crippen LogP contribution in [0.15, 0.2) is 0 Å². The van der Waals surface area contributed by atoms with Gasteiger partial charge in [-0.15, -0.1) is 0 Å². The number of hydrogen-bond acceptors (Lipinski definition) is 5. The minimum Gasteiger partial charge on any atom is -0.359 e. The number of aryl methyl sites for hydroxylation is 1. The van der Waals surface area contributed by atoms with Gasteiger partial charge in [0.05, 0.1) is 0 Å². The van der Waals surface area contributed by atoms with Gasteiger partial charge in [-0.2, -0.15) is 4.37 Å². The Balaban J connectivity index is 2.25. The molecule has 0 radical (unpaired) electrons. The summed E-state index contributed by atoms with van der Waals surface area (Å²) in [6.07, 6.45) is 0.907. The highest BCUT2D eigenvalue weighted by molar-refractivity contribution is 7.09. The number of anilines is 1. The standard InChI is InChI=1S/C10H20N4S/c1-5-9-12-10(15-13-9)11-6-7-14(4)8(2)3/h8H,5-7H2,1-4H3,(H,11,12,13). The van der Waals surface area contributed by atoms with Crippen LogP contribution in [0.3, 0.4) is 0 Å². The Labute approximate surface area is 95.9 Å². The van der Waals surface area contributed by atoms with E-state index in [1.807, 2.05) is 0 Å². The van der Waals surface area contributed by atoms with Crippen molar-refractivity contribution in [2.75, 3.05) is 25.5 Å². The van der Waals surface area contributed by atoms with Crippen molar-refractivity contribution < 1.29 is 0 Å². The van der Waals surface area contributed by atoms with Gasteiger partial charge in [0.1, 0.15) is 5.82 Å². The number of aromatic nitrogens is 2. The predicted octanol–water partition coefficient (Wildman–Crippen LogP) is 1.85. The molecule has 1 N–H and O–H groups in total. The van der Waals surface area contributed by atoms with Crippen LogP contribution in [0.2, 0.25) is 0 Å². The first-order valence-electron chi connectivity index (χ1n) is 5.40. The number of nitrogens with zero attached hydrogens (tertiary/aromatic N) is 3. The highest BCUT2D eigenvalue weighted by Gasteiger charge is 2.04. The second kappa shape index (κ2) is 6.02. The summed E-state index contributed by atoms with van der Waals surface area (Å²) < 4.78 is 4.22. The molecular formula is C10H20N4S. The summed E-state index contributed by atoms with van der Waals surface area (Å²) in [5, 5.41) is 4.22. The van der Waals surface area contributed by atoms with Crippen molar-refractivity contribution >= 4 is 16.7 Å². The third-order valence-corrected chi connectivity index (χ3v) is 3.12. The molecular weight excluding hydrogens is 208 g/mol. The van der Waals surface area contributed by atoms with Crippen molar-refractivity contribution in [3.05, 3.63) is 5.82 Å². The van der Waals surface area contributed by atoms with Crippen LogP contribution in [0.25, 0.3) is 0 Å². The molecule has 5 heteroatoms. The van der Waals surface area contributed by atoms with E-state index in [1.54, 1.807) is 0 Å². The lowest BCUT2D eigenvalue weighted by Crippen LogP contribution is -2.31. The average molecular weight is 228 g/mol. The van der Waals surface area contributed by atoms with E-state index in [2.05, 4.69) is 47.4 Å². The quantitative estimate of drug-likeness (QED) is 0.807. The molecule has 1 rings (SSSR count). The van der Waals surface area contributed by atoms with Gasteiger partial charge >= 0.3 is 0 Å². The summed E-state index contributed by atoms with van der Waals surface area (Å²) in [5.74, 6) is 0.930. The Morgan fingerprint density at radius 1 is 1.47 bits per heavy atom. The summed E-state index contributed by atoms with van der Waals surface area (Å²) in [6, 6.07) is 0.590. The minimum atomic E-state index is 0.590. The highest BCUT2D eigenvalue weighted by Crippen LogP contribution is 2.10. The van der Waals surface area contributed by atoms with Crippen molar-refractivity contribution in [1.82, 2.24) is 14.3 Å². The number of likely N-dealkylation sites (N-methyl/N-ethyl adjacent to an activating group) is 1. The van der Waals surface area contributed by atoms with E-state index < -0.39 is 0 Å². The molecule has 0 aliphatic heterocycles. The van der Waals surface area contributed by atoms with Gasteiger partial charge < -0.3 is 10.2 Å². The molecule has 0 aliphatic rings. The monoisotopic (exact) mass is 228 g/mol. The smallest absolute Gasteiger partial charge is 0.202 e. The third-order valence-electron chi connectivity index (χ3n) is 2.41. The van der Waals surface area contributed by atoms with Crippen molar-refractivity contribution in [2.24, 2.45) is 0 Å². The zero-order valence-corrected chi connectivity index (χ0v) is 10.8. The lowest BCUT2D eigenvalue weighted by Gasteiger charge is -2.20. The molecule has 0 fully saturated rings. The van der Waals surface area contributed by atoms with Crippen molar-refractivity contribution in [2.45, 2.75) is 33.2 Å². The maximum Gasteiger partial charge on any atom is 0.202 e. The van der Waals surface area contributed by atoms with E-state index in [9.17, 15) is 0 Å². The van der Waals surface area contributed by atoms with Gasteiger partial charge in [-0.1, -0.05) is 6.92 Å². The lowest BCUT2D eigenvalue weighted by molar-refractivity contribution is 0.284. The Morgan fingerprint density at radius 2 is 2.20 bits per heavy atom. The second-order valence-electron chi connectivity index (χ2n) is 3.87. The van der Waals surface area contributed by atoms with Crippen LogP contribution in [-0.2, 0) is 6.42 Å². The molecule has 0 bridgehead atoms. The Bertz CT molecular complexity index is 285. The second-order valence-corrected chi connectivity index (χ2v) is 4.62. The van der Waals surface area contributed by atoms with Gasteiger partial charge in [0, 0.05) is 37.1 Å². The average Bonchev–Trinajstić information content (AvgIpc) is 2.65. The van der Waals surface area contributed by atoms with Crippen LogP contribution in [0, 0.1) is 0 Å². The van der Waals surface area contributed by atoms with Crippen LogP contribution in [0.1, 0.15) is 26.6 Å². The van der Waals surface area contributed by atoms with Crippen LogP contribution < -0.4 is 5.32 Å². The van der Waals surface area contributed by atoms with E-state index in [0.717, 1.165) is 30.5 Å². The predicted molar refractivity (Wildman–Crippen MR) is 65.5 cm³/mol. The Hall–Kier alpha value is -0.680.